The van der Waals surface area contributed by atoms with Crippen LogP contribution < -0.4 is 5.14 Å². The first-order valence-electron chi connectivity index (χ1n) is 7.49. The summed E-state index contributed by atoms with van der Waals surface area (Å²) in [6.45, 7) is -0.532. The third-order valence-electron chi connectivity index (χ3n) is 3.99. The second-order valence-electron chi connectivity index (χ2n) is 5.82. The molecule has 1 aliphatic rings. The summed E-state index contributed by atoms with van der Waals surface area (Å²) in [5.41, 5.74) is -2.38. The third-order valence-corrected chi connectivity index (χ3v) is 4.91. The van der Waals surface area contributed by atoms with Crippen LogP contribution >= 0.6 is 0 Å². The van der Waals surface area contributed by atoms with E-state index in [0.29, 0.717) is 18.2 Å². The molecule has 0 bridgehead atoms. The number of esters is 1. The van der Waals surface area contributed by atoms with Gasteiger partial charge in [0.1, 0.15) is 23.1 Å². The van der Waals surface area contributed by atoms with Crippen LogP contribution in [0.25, 0.3) is 11.1 Å². The van der Waals surface area contributed by atoms with Crippen molar-refractivity contribution in [2.45, 2.75) is 11.1 Å². The van der Waals surface area contributed by atoms with E-state index in [1.807, 2.05) is 0 Å². The summed E-state index contributed by atoms with van der Waals surface area (Å²) < 4.78 is 94.7. The molecule has 0 unspecified atom stereocenters. The number of hydrogen-bond donors (Lipinski definition) is 1. The van der Waals surface area contributed by atoms with E-state index in [1.54, 1.807) is 0 Å². The summed E-state index contributed by atoms with van der Waals surface area (Å²) in [6.07, 6.45) is -4.69. The molecule has 11 heteroatoms. The lowest BCUT2D eigenvalue weighted by Gasteiger charge is -2.11. The van der Waals surface area contributed by atoms with Crippen LogP contribution in [0.3, 0.4) is 0 Å². The van der Waals surface area contributed by atoms with Crippen LogP contribution in [-0.4, -0.2) is 21.0 Å². The standard InChI is InChI=1S/C17H10F5NO4S/c18-12-6-14(28(23,25)26)13(19)5-10(12)11-7-27-16(24)15(11)8-2-1-3-9(4-8)17(20,21)22/h1-6H,7H2,(H2,23,25,26). The Morgan fingerprint density at radius 1 is 1.04 bits per heavy atom. The topological polar surface area (TPSA) is 86.5 Å². The minimum atomic E-state index is -4.69. The van der Waals surface area contributed by atoms with Gasteiger partial charge in [-0.1, -0.05) is 12.1 Å². The van der Waals surface area contributed by atoms with Crippen molar-refractivity contribution in [1.82, 2.24) is 0 Å². The van der Waals surface area contributed by atoms with E-state index in [2.05, 4.69) is 0 Å². The maximum atomic E-state index is 14.4. The molecule has 0 fully saturated rings. The molecule has 2 N–H and O–H groups in total. The lowest BCUT2D eigenvalue weighted by Crippen LogP contribution is -2.15. The Bertz CT molecular complexity index is 1120. The zero-order chi connectivity index (χ0) is 20.9. The molecular formula is C17H10F5NO4S. The molecule has 0 aliphatic carbocycles. The van der Waals surface area contributed by atoms with Crippen molar-refractivity contribution in [1.29, 1.82) is 0 Å². The average Bonchev–Trinajstić information content (AvgIpc) is 2.96. The molecular weight excluding hydrogens is 409 g/mol. The van der Waals surface area contributed by atoms with E-state index in [4.69, 9.17) is 9.88 Å². The predicted octanol–water partition coefficient (Wildman–Crippen LogP) is 3.10. The highest BCUT2D eigenvalue weighted by Gasteiger charge is 2.34. The van der Waals surface area contributed by atoms with Crippen molar-refractivity contribution in [3.05, 3.63) is 64.7 Å². The SMILES string of the molecule is NS(=O)(=O)c1cc(F)c(C2=C(c3cccc(C(F)(F)F)c3)C(=O)OC2)cc1F. The van der Waals surface area contributed by atoms with Gasteiger partial charge in [-0.3, -0.25) is 0 Å². The highest BCUT2D eigenvalue weighted by Crippen LogP contribution is 2.37. The van der Waals surface area contributed by atoms with Crippen molar-refractivity contribution >= 4 is 27.1 Å². The normalized spacial score (nSPS) is 15.1. The Labute approximate surface area is 155 Å². The second kappa shape index (κ2) is 6.67. The van der Waals surface area contributed by atoms with Gasteiger partial charge in [0.15, 0.2) is 0 Å². The molecule has 1 aliphatic heterocycles. The van der Waals surface area contributed by atoms with Gasteiger partial charge in [-0.25, -0.2) is 27.1 Å². The van der Waals surface area contributed by atoms with Crippen molar-refractivity contribution in [2.75, 3.05) is 6.61 Å². The predicted molar refractivity (Wildman–Crippen MR) is 86.9 cm³/mol. The molecule has 0 amide bonds. The molecule has 0 radical (unpaired) electrons. The van der Waals surface area contributed by atoms with Crippen LogP contribution in [0.4, 0.5) is 22.0 Å². The lowest BCUT2D eigenvalue weighted by molar-refractivity contribution is -0.138. The van der Waals surface area contributed by atoms with Crippen molar-refractivity contribution in [3.63, 3.8) is 0 Å². The molecule has 28 heavy (non-hydrogen) atoms. The Kier molecular flexibility index (Phi) is 4.76. The van der Waals surface area contributed by atoms with Gasteiger partial charge in [0, 0.05) is 11.1 Å². The Morgan fingerprint density at radius 3 is 2.32 bits per heavy atom. The summed E-state index contributed by atoms with van der Waals surface area (Å²) in [5, 5.41) is 4.80. The van der Waals surface area contributed by atoms with E-state index >= 15 is 0 Å². The molecule has 0 spiro atoms. The zero-order valence-corrected chi connectivity index (χ0v) is 14.5. The minimum absolute atomic E-state index is 0.206. The number of nitrogens with two attached hydrogens (primary N) is 1. The van der Waals surface area contributed by atoms with Crippen LogP contribution in [0.1, 0.15) is 16.7 Å². The fourth-order valence-corrected chi connectivity index (χ4v) is 3.34. The van der Waals surface area contributed by atoms with Gasteiger partial charge >= 0.3 is 12.1 Å². The van der Waals surface area contributed by atoms with Crippen LogP contribution in [0.5, 0.6) is 0 Å². The number of halogens is 5. The first-order valence-corrected chi connectivity index (χ1v) is 9.04. The molecule has 5 nitrogen and oxygen atoms in total. The first-order chi connectivity index (χ1) is 12.9. The number of primary sulfonamides is 1. The summed E-state index contributed by atoms with van der Waals surface area (Å²) in [4.78, 5) is 11.0. The molecule has 0 saturated carbocycles. The molecule has 0 aromatic heterocycles. The summed E-state index contributed by atoms with van der Waals surface area (Å²) in [5.74, 6) is -3.64. The van der Waals surface area contributed by atoms with Crippen LogP contribution in [0, 0.1) is 11.6 Å². The highest BCUT2D eigenvalue weighted by atomic mass is 32.2. The van der Waals surface area contributed by atoms with Crippen LogP contribution in [0.2, 0.25) is 0 Å². The van der Waals surface area contributed by atoms with E-state index in [1.165, 1.54) is 6.07 Å². The van der Waals surface area contributed by atoms with Gasteiger partial charge in [0.05, 0.1) is 11.1 Å². The number of sulfonamides is 1. The fraction of sp³-hybridized carbons (Fsp3) is 0.118. The highest BCUT2D eigenvalue weighted by molar-refractivity contribution is 7.89. The van der Waals surface area contributed by atoms with Gasteiger partial charge in [0.25, 0.3) is 0 Å². The maximum absolute atomic E-state index is 14.4. The molecule has 2 aromatic carbocycles. The number of hydrogen-bond acceptors (Lipinski definition) is 4. The van der Waals surface area contributed by atoms with E-state index in [-0.39, 0.29) is 16.7 Å². The Balaban J connectivity index is 2.22. The number of alkyl halides is 3. The Hall–Kier alpha value is -2.79. The minimum Gasteiger partial charge on any atom is -0.457 e. The number of carbonyl (C=O) groups excluding carboxylic acids is 1. The van der Waals surface area contributed by atoms with Crippen LogP contribution in [0.15, 0.2) is 41.3 Å². The third kappa shape index (κ3) is 3.62. The maximum Gasteiger partial charge on any atom is 0.416 e. The van der Waals surface area contributed by atoms with Gasteiger partial charge in [-0.2, -0.15) is 13.2 Å². The Morgan fingerprint density at radius 2 is 1.71 bits per heavy atom. The first kappa shape index (κ1) is 20.0. The smallest absolute Gasteiger partial charge is 0.416 e. The van der Waals surface area contributed by atoms with Crippen molar-refractivity contribution in [2.24, 2.45) is 5.14 Å². The average molecular weight is 419 g/mol. The van der Waals surface area contributed by atoms with Gasteiger partial charge < -0.3 is 4.74 Å². The molecule has 2 aromatic rings. The van der Waals surface area contributed by atoms with E-state index in [9.17, 15) is 35.2 Å². The molecule has 0 saturated heterocycles. The number of ether oxygens (including phenoxy) is 1. The van der Waals surface area contributed by atoms with E-state index < -0.39 is 56.4 Å². The summed E-state index contributed by atoms with van der Waals surface area (Å²) in [6, 6.07) is 4.53. The van der Waals surface area contributed by atoms with Gasteiger partial charge in [0.2, 0.25) is 10.0 Å². The monoisotopic (exact) mass is 419 g/mol. The molecule has 148 valence electrons. The molecule has 3 rings (SSSR count). The molecule has 0 atom stereocenters. The number of rotatable bonds is 3. The summed E-state index contributed by atoms with van der Waals surface area (Å²) in [7, 11) is -4.55. The quantitative estimate of drug-likeness (QED) is 0.612. The van der Waals surface area contributed by atoms with E-state index in [0.717, 1.165) is 12.1 Å². The summed E-state index contributed by atoms with van der Waals surface area (Å²) >= 11 is 0. The largest absolute Gasteiger partial charge is 0.457 e. The number of benzene rings is 2. The lowest BCUT2D eigenvalue weighted by atomic mass is 9.95. The number of cyclic esters (lactones) is 1. The zero-order valence-electron chi connectivity index (χ0n) is 13.7. The molecule has 1 heterocycles. The van der Waals surface area contributed by atoms with Gasteiger partial charge in [-0.15, -0.1) is 0 Å². The van der Waals surface area contributed by atoms with Crippen molar-refractivity contribution in [3.8, 4) is 0 Å². The van der Waals surface area contributed by atoms with Gasteiger partial charge in [-0.05, 0) is 29.8 Å². The second-order valence-corrected chi connectivity index (χ2v) is 7.35. The van der Waals surface area contributed by atoms with Crippen LogP contribution in [-0.2, 0) is 25.7 Å². The number of carbonyl (C=O) groups is 1. The van der Waals surface area contributed by atoms with Crippen molar-refractivity contribution < 1.29 is 39.9 Å². The fourth-order valence-electron chi connectivity index (χ4n) is 2.74.